The molecule has 2 rings (SSSR count). The first-order chi connectivity index (χ1) is 12.2. The van der Waals surface area contributed by atoms with Crippen LogP contribution in [0.5, 0.6) is 0 Å². The lowest BCUT2D eigenvalue weighted by Gasteiger charge is -2.28. The normalized spacial score (nSPS) is 13.0. The van der Waals surface area contributed by atoms with Crippen LogP contribution in [0.4, 0.5) is 10.1 Å². The number of nitro groups is 1. The van der Waals surface area contributed by atoms with E-state index >= 15 is 0 Å². The lowest BCUT2D eigenvalue weighted by molar-refractivity contribution is -0.387. The molecule has 8 heteroatoms. The van der Waals surface area contributed by atoms with Gasteiger partial charge in [-0.25, -0.2) is 8.42 Å². The van der Waals surface area contributed by atoms with Crippen LogP contribution in [0, 0.1) is 22.9 Å². The van der Waals surface area contributed by atoms with Crippen LogP contribution in [-0.4, -0.2) is 23.7 Å². The van der Waals surface area contributed by atoms with Crippen LogP contribution in [0.2, 0.25) is 0 Å². The van der Waals surface area contributed by atoms with Gasteiger partial charge in [0.05, 0.1) is 9.82 Å². The maximum atomic E-state index is 13.8. The second-order valence-corrected chi connectivity index (χ2v) is 7.98. The fourth-order valence-electron chi connectivity index (χ4n) is 2.63. The maximum absolute atomic E-state index is 13.8. The monoisotopic (exact) mass is 380 g/mol. The quantitative estimate of drug-likeness (QED) is 0.536. The summed E-state index contributed by atoms with van der Waals surface area (Å²) in [6.07, 6.45) is 0.564. The van der Waals surface area contributed by atoms with Gasteiger partial charge in [0.15, 0.2) is 0 Å². The van der Waals surface area contributed by atoms with Crippen LogP contribution in [0.3, 0.4) is 0 Å². The van der Waals surface area contributed by atoms with Gasteiger partial charge in [0, 0.05) is 18.7 Å². The van der Waals surface area contributed by atoms with Gasteiger partial charge in [-0.3, -0.25) is 10.1 Å². The third kappa shape index (κ3) is 4.08. The molecule has 0 radical (unpaired) electrons. The second-order valence-electron chi connectivity index (χ2n) is 6.12. The Morgan fingerprint density at radius 3 is 2.38 bits per heavy atom. The van der Waals surface area contributed by atoms with Crippen LogP contribution >= 0.6 is 0 Å². The predicted molar refractivity (Wildman–Crippen MR) is 96.7 cm³/mol. The average molecular weight is 380 g/mol. The number of nitrogens with zero attached hydrogens (tertiary/aromatic N) is 2. The van der Waals surface area contributed by atoms with E-state index in [-0.39, 0.29) is 23.0 Å². The van der Waals surface area contributed by atoms with Crippen LogP contribution in [0.1, 0.15) is 31.4 Å². The van der Waals surface area contributed by atoms with Crippen molar-refractivity contribution in [3.8, 4) is 0 Å². The highest BCUT2D eigenvalue weighted by Crippen LogP contribution is 2.29. The second kappa shape index (κ2) is 7.92. The number of halogens is 1. The van der Waals surface area contributed by atoms with E-state index < -0.39 is 26.5 Å². The van der Waals surface area contributed by atoms with E-state index in [2.05, 4.69) is 0 Å². The molecular weight excluding hydrogens is 359 g/mol. The Labute approximate surface area is 152 Å². The van der Waals surface area contributed by atoms with Crippen LogP contribution in [-0.2, 0) is 16.6 Å². The molecule has 0 bridgehead atoms. The number of hydrogen-bond donors (Lipinski definition) is 0. The number of sulfonamides is 1. The largest absolute Gasteiger partial charge is 0.306 e. The summed E-state index contributed by atoms with van der Waals surface area (Å²) < 4.78 is 41.5. The van der Waals surface area contributed by atoms with Gasteiger partial charge in [0.25, 0.3) is 0 Å². The first-order valence-electron chi connectivity index (χ1n) is 8.18. The highest BCUT2D eigenvalue weighted by Gasteiger charge is 2.32. The molecule has 26 heavy (non-hydrogen) atoms. The molecule has 1 unspecified atom stereocenters. The Balaban J connectivity index is 2.56. The zero-order valence-corrected chi connectivity index (χ0v) is 15.7. The number of benzene rings is 2. The van der Waals surface area contributed by atoms with Gasteiger partial charge in [-0.2, -0.15) is 8.70 Å². The fourth-order valence-corrected chi connectivity index (χ4v) is 4.55. The minimum Gasteiger partial charge on any atom is -0.258 e. The minimum atomic E-state index is -4.05. The molecule has 2 aromatic rings. The van der Waals surface area contributed by atoms with Crippen molar-refractivity contribution in [1.82, 2.24) is 4.31 Å². The first-order valence-corrected chi connectivity index (χ1v) is 9.62. The first kappa shape index (κ1) is 20.0. The SMILES string of the molecule is CCC(C)N(Cc1ccccc1)S(=O)(=O)c1cc([N+](=O)[O-])c(F)cc1C. The standard InChI is InChI=1S/C18H21FN2O4S/c1-4-14(3)20(12-15-8-6-5-7-9-15)26(24,25)18-11-17(21(22)23)16(19)10-13(18)2/h5-11,14H,4,12H2,1-3H3. The highest BCUT2D eigenvalue weighted by atomic mass is 32.2. The van der Waals surface area contributed by atoms with Crippen molar-refractivity contribution in [2.75, 3.05) is 0 Å². The lowest BCUT2D eigenvalue weighted by atomic mass is 10.2. The molecule has 0 aliphatic carbocycles. The van der Waals surface area contributed by atoms with Crippen molar-refractivity contribution < 1.29 is 17.7 Å². The number of aryl methyl sites for hydroxylation is 1. The molecular formula is C18H21FN2O4S. The van der Waals surface area contributed by atoms with E-state index in [1.165, 1.54) is 11.2 Å². The Morgan fingerprint density at radius 1 is 1.23 bits per heavy atom. The summed E-state index contributed by atoms with van der Waals surface area (Å²) >= 11 is 0. The molecule has 0 aliphatic rings. The molecule has 0 saturated carbocycles. The Morgan fingerprint density at radius 2 is 1.85 bits per heavy atom. The van der Waals surface area contributed by atoms with Crippen LogP contribution < -0.4 is 0 Å². The van der Waals surface area contributed by atoms with Gasteiger partial charge in [-0.15, -0.1) is 0 Å². The Kier molecular flexibility index (Phi) is 6.09. The van der Waals surface area contributed by atoms with Gasteiger partial charge in [-0.1, -0.05) is 37.3 Å². The number of rotatable bonds is 7. The van der Waals surface area contributed by atoms with E-state index in [9.17, 15) is 22.9 Å². The number of hydrogen-bond acceptors (Lipinski definition) is 4. The summed E-state index contributed by atoms with van der Waals surface area (Å²) in [7, 11) is -4.05. The topological polar surface area (TPSA) is 80.5 Å². The third-order valence-electron chi connectivity index (χ3n) is 4.29. The average Bonchev–Trinajstić information content (AvgIpc) is 2.59. The molecule has 6 nitrogen and oxygen atoms in total. The van der Waals surface area contributed by atoms with Crippen LogP contribution in [0.25, 0.3) is 0 Å². The van der Waals surface area contributed by atoms with Crippen molar-refractivity contribution in [2.24, 2.45) is 0 Å². The van der Waals surface area contributed by atoms with E-state index in [4.69, 9.17) is 0 Å². The summed E-state index contributed by atoms with van der Waals surface area (Å²) in [5.41, 5.74) is 0.0816. The zero-order chi connectivity index (χ0) is 19.5. The molecule has 140 valence electrons. The molecule has 0 fully saturated rings. The van der Waals surface area contributed by atoms with Gasteiger partial charge in [-0.05, 0) is 37.5 Å². The summed E-state index contributed by atoms with van der Waals surface area (Å²) in [4.78, 5) is 9.85. The van der Waals surface area contributed by atoms with Crippen molar-refractivity contribution in [3.05, 3.63) is 69.5 Å². The summed E-state index contributed by atoms with van der Waals surface area (Å²) in [5, 5.41) is 11.0. The smallest absolute Gasteiger partial charge is 0.258 e. The van der Waals surface area contributed by atoms with E-state index in [1.54, 1.807) is 6.92 Å². The van der Waals surface area contributed by atoms with Gasteiger partial charge < -0.3 is 0 Å². The molecule has 0 saturated heterocycles. The van der Waals surface area contributed by atoms with Gasteiger partial charge >= 0.3 is 5.69 Å². The summed E-state index contributed by atoms with van der Waals surface area (Å²) in [5.74, 6) is -1.05. The number of nitro benzene ring substituents is 1. The molecule has 0 heterocycles. The van der Waals surface area contributed by atoms with Gasteiger partial charge in [0.1, 0.15) is 0 Å². The van der Waals surface area contributed by atoms with Crippen LogP contribution in [0.15, 0.2) is 47.4 Å². The highest BCUT2D eigenvalue weighted by molar-refractivity contribution is 7.89. The Hall–Kier alpha value is -2.32. The van der Waals surface area contributed by atoms with E-state index in [0.717, 1.165) is 17.7 Å². The molecule has 0 aliphatic heterocycles. The molecule has 0 aromatic heterocycles. The minimum absolute atomic E-state index is 0.128. The molecule has 0 spiro atoms. The fraction of sp³-hybridized carbons (Fsp3) is 0.333. The Bertz CT molecular complexity index is 901. The van der Waals surface area contributed by atoms with Crippen molar-refractivity contribution in [3.63, 3.8) is 0 Å². The van der Waals surface area contributed by atoms with Crippen molar-refractivity contribution in [2.45, 2.75) is 44.7 Å². The van der Waals surface area contributed by atoms with E-state index in [1.807, 2.05) is 37.3 Å². The lowest BCUT2D eigenvalue weighted by Crippen LogP contribution is -2.38. The summed E-state index contributed by atoms with van der Waals surface area (Å²) in [6.45, 7) is 5.19. The maximum Gasteiger partial charge on any atom is 0.306 e. The van der Waals surface area contributed by atoms with Crippen molar-refractivity contribution in [1.29, 1.82) is 0 Å². The molecule has 2 aromatic carbocycles. The molecule has 0 N–H and O–H groups in total. The molecule has 0 amide bonds. The zero-order valence-electron chi connectivity index (χ0n) is 14.8. The third-order valence-corrected chi connectivity index (χ3v) is 6.39. The van der Waals surface area contributed by atoms with Gasteiger partial charge in [0.2, 0.25) is 15.8 Å². The summed E-state index contributed by atoms with van der Waals surface area (Å²) in [6, 6.07) is 10.4. The molecule has 1 atom stereocenters. The van der Waals surface area contributed by atoms with E-state index in [0.29, 0.717) is 6.42 Å². The predicted octanol–water partition coefficient (Wildman–Crippen LogP) is 4.03. The van der Waals surface area contributed by atoms with Crippen molar-refractivity contribution >= 4 is 15.7 Å².